The summed E-state index contributed by atoms with van der Waals surface area (Å²) < 4.78 is 10.8. The van der Waals surface area contributed by atoms with Crippen LogP contribution in [0.3, 0.4) is 0 Å². The molecule has 0 radical (unpaired) electrons. The number of carboxylic acids is 1. The van der Waals surface area contributed by atoms with Crippen LogP contribution in [0.25, 0.3) is 0 Å². The van der Waals surface area contributed by atoms with Gasteiger partial charge in [-0.1, -0.05) is 18.2 Å². The number of carbonyl (C=O) groups is 1. The normalized spacial score (nSPS) is 26.3. The molecule has 0 aliphatic carbocycles. The van der Waals surface area contributed by atoms with E-state index in [9.17, 15) is 4.79 Å². The molecule has 1 heterocycles. The molecule has 0 unspecified atom stereocenters. The molecular weight excluding hydrogens is 184 g/mol. The first kappa shape index (κ1) is 10.9. The third-order valence-corrected chi connectivity index (χ3v) is 1.71. The highest BCUT2D eigenvalue weighted by molar-refractivity contribution is 5.80. The van der Waals surface area contributed by atoms with Crippen molar-refractivity contribution in [2.75, 3.05) is 6.61 Å². The minimum absolute atomic E-state index is 0.0940. The maximum atomic E-state index is 10.1. The lowest BCUT2D eigenvalue weighted by atomic mass is 10.3. The van der Waals surface area contributed by atoms with Gasteiger partial charge < -0.3 is 14.6 Å². The van der Waals surface area contributed by atoms with E-state index >= 15 is 0 Å². The SMILES string of the molecule is CC1(C)OC[C@H](/C=C/C=C\C(=O)O)O1. The third-order valence-electron chi connectivity index (χ3n) is 1.71. The van der Waals surface area contributed by atoms with Gasteiger partial charge in [0.25, 0.3) is 0 Å². The van der Waals surface area contributed by atoms with Gasteiger partial charge in [0.2, 0.25) is 0 Å². The number of hydrogen-bond donors (Lipinski definition) is 1. The molecule has 0 bridgehead atoms. The fourth-order valence-electron chi connectivity index (χ4n) is 1.14. The minimum atomic E-state index is -0.960. The summed E-state index contributed by atoms with van der Waals surface area (Å²) in [5.41, 5.74) is 0. The van der Waals surface area contributed by atoms with Crippen molar-refractivity contribution in [1.29, 1.82) is 0 Å². The zero-order valence-corrected chi connectivity index (χ0v) is 8.27. The Bertz CT molecular complexity index is 265. The summed E-state index contributed by atoms with van der Waals surface area (Å²) in [4.78, 5) is 10.1. The Morgan fingerprint density at radius 3 is 2.71 bits per heavy atom. The third kappa shape index (κ3) is 3.72. The molecule has 1 atom stereocenters. The number of rotatable bonds is 3. The average Bonchev–Trinajstić information content (AvgIpc) is 2.39. The smallest absolute Gasteiger partial charge is 0.328 e. The second-order valence-electron chi connectivity index (χ2n) is 3.45. The standard InChI is InChI=1S/C10H14O4/c1-10(2)13-7-8(14-10)5-3-4-6-9(11)12/h3-6,8H,7H2,1-2H3,(H,11,12)/b5-3+,6-4-/t8-/m0/s1. The highest BCUT2D eigenvalue weighted by Crippen LogP contribution is 2.22. The lowest BCUT2D eigenvalue weighted by Crippen LogP contribution is -2.20. The van der Waals surface area contributed by atoms with E-state index in [4.69, 9.17) is 14.6 Å². The van der Waals surface area contributed by atoms with Crippen molar-refractivity contribution in [2.24, 2.45) is 0 Å². The van der Waals surface area contributed by atoms with Crippen LogP contribution in [0.15, 0.2) is 24.3 Å². The van der Waals surface area contributed by atoms with Crippen molar-refractivity contribution in [3.05, 3.63) is 24.3 Å². The van der Waals surface area contributed by atoms with Crippen molar-refractivity contribution in [2.45, 2.75) is 25.7 Å². The Labute approximate surface area is 82.8 Å². The molecule has 0 aromatic carbocycles. The van der Waals surface area contributed by atoms with Gasteiger partial charge in [0.05, 0.1) is 6.61 Å². The molecule has 0 aromatic heterocycles. The van der Waals surface area contributed by atoms with Crippen LogP contribution in [0.1, 0.15) is 13.8 Å². The highest BCUT2D eigenvalue weighted by Gasteiger charge is 2.30. The van der Waals surface area contributed by atoms with Gasteiger partial charge in [0.1, 0.15) is 6.10 Å². The molecule has 0 aromatic rings. The van der Waals surface area contributed by atoms with Crippen molar-refractivity contribution in [3.63, 3.8) is 0 Å². The van der Waals surface area contributed by atoms with Crippen LogP contribution in [0.2, 0.25) is 0 Å². The largest absolute Gasteiger partial charge is 0.478 e. The van der Waals surface area contributed by atoms with Crippen LogP contribution in [0.5, 0.6) is 0 Å². The maximum absolute atomic E-state index is 10.1. The van der Waals surface area contributed by atoms with E-state index in [2.05, 4.69) is 0 Å². The first-order valence-corrected chi connectivity index (χ1v) is 4.39. The molecule has 0 amide bonds. The lowest BCUT2D eigenvalue weighted by Gasteiger charge is -2.15. The molecule has 1 fully saturated rings. The molecule has 1 aliphatic rings. The van der Waals surface area contributed by atoms with Gasteiger partial charge in [-0.3, -0.25) is 0 Å². The summed E-state index contributed by atoms with van der Waals surface area (Å²) in [6.45, 7) is 4.19. The molecule has 4 nitrogen and oxygen atoms in total. The average molecular weight is 198 g/mol. The van der Waals surface area contributed by atoms with Crippen LogP contribution in [-0.2, 0) is 14.3 Å². The zero-order chi connectivity index (χ0) is 10.6. The van der Waals surface area contributed by atoms with Crippen molar-refractivity contribution in [1.82, 2.24) is 0 Å². The van der Waals surface area contributed by atoms with Crippen LogP contribution < -0.4 is 0 Å². The van der Waals surface area contributed by atoms with E-state index in [1.165, 1.54) is 6.08 Å². The van der Waals surface area contributed by atoms with Crippen molar-refractivity contribution in [3.8, 4) is 0 Å². The summed E-state index contributed by atoms with van der Waals surface area (Å²) in [5, 5.41) is 8.31. The summed E-state index contributed by atoms with van der Waals surface area (Å²) in [6.07, 6.45) is 5.84. The number of hydrogen-bond acceptors (Lipinski definition) is 3. The van der Waals surface area contributed by atoms with E-state index in [1.54, 1.807) is 12.2 Å². The molecule has 4 heteroatoms. The van der Waals surface area contributed by atoms with Crippen LogP contribution in [-0.4, -0.2) is 29.6 Å². The van der Waals surface area contributed by atoms with Crippen molar-refractivity contribution < 1.29 is 19.4 Å². The van der Waals surface area contributed by atoms with Crippen LogP contribution >= 0.6 is 0 Å². The van der Waals surface area contributed by atoms with Gasteiger partial charge in [0, 0.05) is 6.08 Å². The maximum Gasteiger partial charge on any atom is 0.328 e. The molecule has 0 spiro atoms. The molecule has 1 rings (SSSR count). The summed E-state index contributed by atoms with van der Waals surface area (Å²) >= 11 is 0. The van der Waals surface area contributed by atoms with E-state index < -0.39 is 11.8 Å². The number of allylic oxidation sites excluding steroid dienone is 2. The quantitative estimate of drug-likeness (QED) is 0.549. The van der Waals surface area contributed by atoms with E-state index in [0.29, 0.717) is 6.61 Å². The lowest BCUT2D eigenvalue weighted by molar-refractivity contribution is -0.133. The van der Waals surface area contributed by atoms with Crippen LogP contribution in [0.4, 0.5) is 0 Å². The second-order valence-corrected chi connectivity index (χ2v) is 3.45. The Hall–Kier alpha value is -1.13. The van der Waals surface area contributed by atoms with Gasteiger partial charge >= 0.3 is 5.97 Å². The Morgan fingerprint density at radius 2 is 2.21 bits per heavy atom. The molecule has 1 N–H and O–H groups in total. The molecule has 14 heavy (non-hydrogen) atoms. The first-order chi connectivity index (χ1) is 6.49. The Kier molecular flexibility index (Phi) is 3.43. The number of carboxylic acid groups (broad SMARTS) is 1. The van der Waals surface area contributed by atoms with Gasteiger partial charge in [0.15, 0.2) is 5.79 Å². The molecule has 78 valence electrons. The van der Waals surface area contributed by atoms with E-state index in [1.807, 2.05) is 13.8 Å². The molecular formula is C10H14O4. The van der Waals surface area contributed by atoms with Gasteiger partial charge in [-0.25, -0.2) is 4.79 Å². The first-order valence-electron chi connectivity index (χ1n) is 4.39. The molecule has 1 aliphatic heterocycles. The fraction of sp³-hybridized carbons (Fsp3) is 0.500. The number of ether oxygens (including phenoxy) is 2. The second kappa shape index (κ2) is 4.39. The summed E-state index contributed by atoms with van der Waals surface area (Å²) in [6, 6.07) is 0. The summed E-state index contributed by atoms with van der Waals surface area (Å²) in [5.74, 6) is -1.50. The van der Waals surface area contributed by atoms with E-state index in [-0.39, 0.29) is 6.10 Å². The molecule has 1 saturated heterocycles. The Morgan fingerprint density at radius 1 is 1.50 bits per heavy atom. The Balaban J connectivity index is 2.36. The predicted molar refractivity (Wildman–Crippen MR) is 50.8 cm³/mol. The highest BCUT2D eigenvalue weighted by atomic mass is 16.7. The minimum Gasteiger partial charge on any atom is -0.478 e. The predicted octanol–water partition coefficient (Wildman–Crippen LogP) is 1.33. The van der Waals surface area contributed by atoms with Crippen molar-refractivity contribution >= 4 is 5.97 Å². The van der Waals surface area contributed by atoms with Gasteiger partial charge in [-0.2, -0.15) is 0 Å². The van der Waals surface area contributed by atoms with Gasteiger partial charge in [-0.05, 0) is 13.8 Å². The number of aliphatic carboxylic acids is 1. The fourth-order valence-corrected chi connectivity index (χ4v) is 1.14. The van der Waals surface area contributed by atoms with E-state index in [0.717, 1.165) is 6.08 Å². The topological polar surface area (TPSA) is 55.8 Å². The zero-order valence-electron chi connectivity index (χ0n) is 8.27. The monoisotopic (exact) mass is 198 g/mol. The van der Waals surface area contributed by atoms with Gasteiger partial charge in [-0.15, -0.1) is 0 Å². The summed E-state index contributed by atoms with van der Waals surface area (Å²) in [7, 11) is 0. The molecule has 0 saturated carbocycles. The van der Waals surface area contributed by atoms with Crippen LogP contribution in [0, 0.1) is 0 Å².